The van der Waals surface area contributed by atoms with Gasteiger partial charge < -0.3 is 5.32 Å². The summed E-state index contributed by atoms with van der Waals surface area (Å²) in [4.78, 5) is 0. The third-order valence-electron chi connectivity index (χ3n) is 3.16. The number of nitriles is 2. The first-order valence-electron chi connectivity index (χ1n) is 5.50. The largest absolute Gasteiger partial charge is 0.384 e. The highest BCUT2D eigenvalue weighted by Crippen LogP contribution is 2.48. The SMILES string of the molecule is N#CCC1(CNc2ccc(C#N)cc2Br)CC1. The number of halogens is 1. The predicted molar refractivity (Wildman–Crippen MR) is 69.2 cm³/mol. The van der Waals surface area contributed by atoms with Crippen molar-refractivity contribution in [1.29, 1.82) is 10.5 Å². The second kappa shape index (κ2) is 4.77. The van der Waals surface area contributed by atoms with Gasteiger partial charge in [-0.1, -0.05) is 0 Å². The number of hydrogen-bond acceptors (Lipinski definition) is 3. The summed E-state index contributed by atoms with van der Waals surface area (Å²) in [5.74, 6) is 0. The lowest BCUT2D eigenvalue weighted by molar-refractivity contribution is 0.557. The molecule has 1 aromatic rings. The van der Waals surface area contributed by atoms with Crippen LogP contribution in [0.1, 0.15) is 24.8 Å². The molecular formula is C13H12BrN3. The van der Waals surface area contributed by atoms with Crippen molar-refractivity contribution in [3.8, 4) is 12.1 Å². The fraction of sp³-hybridized carbons (Fsp3) is 0.385. The van der Waals surface area contributed by atoms with Crippen LogP contribution < -0.4 is 5.32 Å². The normalized spacial score (nSPS) is 15.7. The van der Waals surface area contributed by atoms with Crippen LogP contribution in [0.4, 0.5) is 5.69 Å². The van der Waals surface area contributed by atoms with Crippen LogP contribution in [0.2, 0.25) is 0 Å². The van der Waals surface area contributed by atoms with E-state index in [0.717, 1.165) is 29.5 Å². The third kappa shape index (κ3) is 2.78. The van der Waals surface area contributed by atoms with E-state index in [4.69, 9.17) is 10.5 Å². The minimum Gasteiger partial charge on any atom is -0.384 e. The van der Waals surface area contributed by atoms with E-state index in [9.17, 15) is 0 Å². The summed E-state index contributed by atoms with van der Waals surface area (Å²) in [7, 11) is 0. The summed E-state index contributed by atoms with van der Waals surface area (Å²) in [6, 6.07) is 9.82. The van der Waals surface area contributed by atoms with E-state index in [1.54, 1.807) is 12.1 Å². The molecule has 0 bridgehead atoms. The maximum atomic E-state index is 8.76. The Morgan fingerprint density at radius 1 is 1.35 bits per heavy atom. The van der Waals surface area contributed by atoms with Gasteiger partial charge in [-0.15, -0.1) is 0 Å². The molecule has 86 valence electrons. The Labute approximate surface area is 109 Å². The molecule has 1 N–H and O–H groups in total. The lowest BCUT2D eigenvalue weighted by Gasteiger charge is -2.14. The molecule has 1 saturated carbocycles. The van der Waals surface area contributed by atoms with Crippen molar-refractivity contribution < 1.29 is 0 Å². The van der Waals surface area contributed by atoms with Crippen LogP contribution in [-0.2, 0) is 0 Å². The standard InChI is InChI=1S/C13H12BrN3/c14-11-7-10(8-16)1-2-12(11)17-9-13(3-4-13)5-6-15/h1-2,7,17H,3-5,9H2. The average Bonchev–Trinajstić information content (AvgIpc) is 3.08. The van der Waals surface area contributed by atoms with Gasteiger partial charge in [0, 0.05) is 28.5 Å². The van der Waals surface area contributed by atoms with Gasteiger partial charge in [-0.3, -0.25) is 0 Å². The van der Waals surface area contributed by atoms with E-state index >= 15 is 0 Å². The topological polar surface area (TPSA) is 59.6 Å². The molecule has 17 heavy (non-hydrogen) atoms. The smallest absolute Gasteiger partial charge is 0.0992 e. The average molecular weight is 290 g/mol. The molecule has 1 aromatic carbocycles. The Morgan fingerprint density at radius 2 is 2.12 bits per heavy atom. The van der Waals surface area contributed by atoms with Gasteiger partial charge in [0.05, 0.1) is 17.7 Å². The maximum absolute atomic E-state index is 8.76. The zero-order valence-electron chi connectivity index (χ0n) is 9.33. The van der Waals surface area contributed by atoms with Crippen molar-refractivity contribution in [2.45, 2.75) is 19.3 Å². The van der Waals surface area contributed by atoms with Crippen LogP contribution in [0.25, 0.3) is 0 Å². The van der Waals surface area contributed by atoms with Gasteiger partial charge in [-0.25, -0.2) is 0 Å². The molecule has 0 saturated heterocycles. The van der Waals surface area contributed by atoms with Gasteiger partial charge in [-0.2, -0.15) is 10.5 Å². The summed E-state index contributed by atoms with van der Waals surface area (Å²) in [6.07, 6.45) is 2.87. The molecule has 0 aliphatic heterocycles. The summed E-state index contributed by atoms with van der Waals surface area (Å²) >= 11 is 3.44. The predicted octanol–water partition coefficient (Wildman–Crippen LogP) is 3.43. The van der Waals surface area contributed by atoms with E-state index in [1.807, 2.05) is 6.07 Å². The van der Waals surface area contributed by atoms with Crippen molar-refractivity contribution in [1.82, 2.24) is 0 Å². The fourth-order valence-electron chi connectivity index (χ4n) is 1.77. The second-order valence-corrected chi connectivity index (χ2v) is 5.35. The van der Waals surface area contributed by atoms with E-state index in [1.165, 1.54) is 0 Å². The van der Waals surface area contributed by atoms with Crippen LogP contribution in [0.5, 0.6) is 0 Å². The molecule has 0 atom stereocenters. The molecule has 0 heterocycles. The highest BCUT2D eigenvalue weighted by Gasteiger charge is 2.42. The molecule has 1 aliphatic rings. The molecule has 0 unspecified atom stereocenters. The van der Waals surface area contributed by atoms with Crippen LogP contribution in [0, 0.1) is 28.1 Å². The first kappa shape index (κ1) is 12.0. The first-order valence-corrected chi connectivity index (χ1v) is 6.29. The molecule has 0 spiro atoms. The second-order valence-electron chi connectivity index (χ2n) is 4.49. The lowest BCUT2D eigenvalue weighted by atomic mass is 10.0. The van der Waals surface area contributed by atoms with Gasteiger partial charge in [0.1, 0.15) is 0 Å². The molecule has 0 amide bonds. The van der Waals surface area contributed by atoms with Crippen molar-refractivity contribution in [3.63, 3.8) is 0 Å². The number of rotatable bonds is 4. The Kier molecular flexibility index (Phi) is 3.36. The molecule has 2 rings (SSSR count). The quantitative estimate of drug-likeness (QED) is 0.924. The van der Waals surface area contributed by atoms with Crippen molar-refractivity contribution >= 4 is 21.6 Å². The Bertz CT molecular complexity index is 506. The number of benzene rings is 1. The number of hydrogen-bond donors (Lipinski definition) is 1. The zero-order valence-corrected chi connectivity index (χ0v) is 10.9. The first-order chi connectivity index (χ1) is 8.19. The van der Waals surface area contributed by atoms with E-state index in [0.29, 0.717) is 12.0 Å². The third-order valence-corrected chi connectivity index (χ3v) is 3.82. The van der Waals surface area contributed by atoms with Crippen molar-refractivity contribution in [3.05, 3.63) is 28.2 Å². The molecule has 4 heteroatoms. The number of nitrogens with zero attached hydrogens (tertiary/aromatic N) is 2. The van der Waals surface area contributed by atoms with E-state index < -0.39 is 0 Å². The highest BCUT2D eigenvalue weighted by atomic mass is 79.9. The molecule has 0 radical (unpaired) electrons. The van der Waals surface area contributed by atoms with Gasteiger partial charge in [0.25, 0.3) is 0 Å². The molecule has 1 fully saturated rings. The lowest BCUT2D eigenvalue weighted by Crippen LogP contribution is -2.15. The monoisotopic (exact) mass is 289 g/mol. The van der Waals surface area contributed by atoms with Crippen LogP contribution in [0.15, 0.2) is 22.7 Å². The minimum atomic E-state index is 0.183. The van der Waals surface area contributed by atoms with E-state index in [2.05, 4.69) is 33.4 Å². The summed E-state index contributed by atoms with van der Waals surface area (Å²) in [5, 5.41) is 20.8. The molecule has 0 aromatic heterocycles. The Hall–Kier alpha value is -1.52. The van der Waals surface area contributed by atoms with Crippen molar-refractivity contribution in [2.24, 2.45) is 5.41 Å². The van der Waals surface area contributed by atoms with Gasteiger partial charge in [0.15, 0.2) is 0 Å². The number of nitrogens with one attached hydrogen (secondary N) is 1. The molecule has 1 aliphatic carbocycles. The van der Waals surface area contributed by atoms with Crippen molar-refractivity contribution in [2.75, 3.05) is 11.9 Å². The Morgan fingerprint density at radius 3 is 2.65 bits per heavy atom. The van der Waals surface area contributed by atoms with Crippen LogP contribution in [-0.4, -0.2) is 6.54 Å². The summed E-state index contributed by atoms with van der Waals surface area (Å²) < 4.78 is 0.893. The zero-order chi connectivity index (χ0) is 12.3. The van der Waals surface area contributed by atoms with Crippen LogP contribution in [0.3, 0.4) is 0 Å². The van der Waals surface area contributed by atoms with Gasteiger partial charge in [0.2, 0.25) is 0 Å². The van der Waals surface area contributed by atoms with Gasteiger partial charge in [-0.05, 0) is 47.0 Å². The van der Waals surface area contributed by atoms with E-state index in [-0.39, 0.29) is 5.41 Å². The molecular weight excluding hydrogens is 278 g/mol. The summed E-state index contributed by atoms with van der Waals surface area (Å²) in [5.41, 5.74) is 1.80. The Balaban J connectivity index is 2.01. The van der Waals surface area contributed by atoms with Gasteiger partial charge >= 0.3 is 0 Å². The number of anilines is 1. The highest BCUT2D eigenvalue weighted by molar-refractivity contribution is 9.10. The minimum absolute atomic E-state index is 0.183. The maximum Gasteiger partial charge on any atom is 0.0992 e. The molecule has 3 nitrogen and oxygen atoms in total. The fourth-order valence-corrected chi connectivity index (χ4v) is 2.29. The summed E-state index contributed by atoms with van der Waals surface area (Å²) in [6.45, 7) is 0.824. The van der Waals surface area contributed by atoms with Crippen LogP contribution >= 0.6 is 15.9 Å².